The first kappa shape index (κ1) is 7.88. The van der Waals surface area contributed by atoms with Crippen LogP contribution >= 0.6 is 0 Å². The molecule has 0 aliphatic heterocycles. The maximum absolute atomic E-state index is 9.65. The van der Waals surface area contributed by atoms with Crippen molar-refractivity contribution in [3.05, 3.63) is 34.5 Å². The van der Waals surface area contributed by atoms with Crippen molar-refractivity contribution < 1.29 is 4.92 Å². The van der Waals surface area contributed by atoms with Gasteiger partial charge in [-0.25, -0.2) is 0 Å². The zero-order valence-corrected chi connectivity index (χ0v) is 5.28. The van der Waals surface area contributed by atoms with Gasteiger partial charge in [-0.15, -0.1) is 0 Å². The van der Waals surface area contributed by atoms with Gasteiger partial charge in [-0.2, -0.15) is 0 Å². The molecule has 0 aromatic rings. The molecule has 50 valence electrons. The molecule has 9 heavy (non-hydrogen) atoms. The van der Waals surface area contributed by atoms with Crippen molar-refractivity contribution in [2.24, 2.45) is 0 Å². The highest BCUT2D eigenvalue weighted by atomic mass is 16.6. The van der Waals surface area contributed by atoms with Gasteiger partial charge in [0.2, 0.25) is 6.20 Å². The molecule has 3 nitrogen and oxygen atoms in total. The summed E-state index contributed by atoms with van der Waals surface area (Å²) in [6.45, 7) is 1.97. The number of rotatable bonds is 3. The SMILES string of the molecule is CC/C=C/C=C/[N+](=O)[O-]. The minimum atomic E-state index is -0.486. The summed E-state index contributed by atoms with van der Waals surface area (Å²) in [5.74, 6) is 0. The zero-order valence-electron chi connectivity index (χ0n) is 5.28. The van der Waals surface area contributed by atoms with Crippen LogP contribution in [0, 0.1) is 10.1 Å². The van der Waals surface area contributed by atoms with E-state index in [1.54, 1.807) is 6.08 Å². The maximum Gasteiger partial charge on any atom is 0.234 e. The smallest absolute Gasteiger partial charge is 0.234 e. The summed E-state index contributed by atoms with van der Waals surface area (Å²) in [4.78, 5) is 9.16. The van der Waals surface area contributed by atoms with E-state index in [4.69, 9.17) is 0 Å². The maximum atomic E-state index is 9.65. The minimum Gasteiger partial charge on any atom is -0.259 e. The molecule has 0 aromatic heterocycles. The average Bonchev–Trinajstić information content (AvgIpc) is 1.80. The molecule has 0 aliphatic carbocycles. The molecule has 0 N–H and O–H groups in total. The van der Waals surface area contributed by atoms with E-state index in [0.717, 1.165) is 12.6 Å². The largest absolute Gasteiger partial charge is 0.259 e. The number of hydrogen-bond acceptors (Lipinski definition) is 2. The van der Waals surface area contributed by atoms with Gasteiger partial charge in [-0.3, -0.25) is 10.1 Å². The van der Waals surface area contributed by atoms with Gasteiger partial charge in [0.1, 0.15) is 0 Å². The van der Waals surface area contributed by atoms with Crippen LogP contribution in [-0.2, 0) is 0 Å². The van der Waals surface area contributed by atoms with Crippen molar-refractivity contribution in [3.8, 4) is 0 Å². The Bertz CT molecular complexity index is 138. The predicted molar refractivity (Wildman–Crippen MR) is 35.6 cm³/mol. The van der Waals surface area contributed by atoms with Crippen LogP contribution in [0.15, 0.2) is 24.4 Å². The molecule has 0 radical (unpaired) electrons. The molecule has 3 heteroatoms. The Balaban J connectivity index is 3.47. The van der Waals surface area contributed by atoms with Gasteiger partial charge in [0.05, 0.1) is 4.92 Å². The van der Waals surface area contributed by atoms with Crippen molar-refractivity contribution in [3.63, 3.8) is 0 Å². The Morgan fingerprint density at radius 2 is 2.22 bits per heavy atom. The van der Waals surface area contributed by atoms with Crippen LogP contribution in [0.4, 0.5) is 0 Å². The fourth-order valence-electron chi connectivity index (χ4n) is 0.335. The highest BCUT2D eigenvalue weighted by Gasteiger charge is 1.77. The Labute approximate surface area is 53.8 Å². The summed E-state index contributed by atoms with van der Waals surface area (Å²) in [6, 6.07) is 0. The minimum absolute atomic E-state index is 0.486. The van der Waals surface area contributed by atoms with Crippen LogP contribution in [0.5, 0.6) is 0 Å². The van der Waals surface area contributed by atoms with E-state index in [2.05, 4.69) is 0 Å². The molecule has 0 amide bonds. The van der Waals surface area contributed by atoms with Crippen LogP contribution in [0.3, 0.4) is 0 Å². The Hall–Kier alpha value is -1.12. The Morgan fingerprint density at radius 1 is 1.56 bits per heavy atom. The molecule has 0 atom stereocenters. The molecule has 0 heterocycles. The lowest BCUT2D eigenvalue weighted by Crippen LogP contribution is -1.80. The summed E-state index contributed by atoms with van der Waals surface area (Å²) < 4.78 is 0. The number of allylic oxidation sites excluding steroid dienone is 3. The average molecular weight is 127 g/mol. The van der Waals surface area contributed by atoms with E-state index in [0.29, 0.717) is 0 Å². The zero-order chi connectivity index (χ0) is 7.11. The molecule has 0 fully saturated rings. The van der Waals surface area contributed by atoms with Gasteiger partial charge in [0.15, 0.2) is 0 Å². The predicted octanol–water partition coefficient (Wildman–Crippen LogP) is 1.74. The van der Waals surface area contributed by atoms with Gasteiger partial charge in [0.25, 0.3) is 0 Å². The second kappa shape index (κ2) is 5.03. The molecule has 0 saturated heterocycles. The van der Waals surface area contributed by atoms with Gasteiger partial charge >= 0.3 is 0 Å². The number of nitro groups is 1. The lowest BCUT2D eigenvalue weighted by molar-refractivity contribution is -0.402. The van der Waals surface area contributed by atoms with Crippen molar-refractivity contribution >= 4 is 0 Å². The quantitative estimate of drug-likeness (QED) is 0.329. The first-order valence-electron chi connectivity index (χ1n) is 2.74. The third kappa shape index (κ3) is 6.88. The second-order valence-corrected chi connectivity index (χ2v) is 1.46. The van der Waals surface area contributed by atoms with E-state index in [-0.39, 0.29) is 0 Å². The van der Waals surface area contributed by atoms with E-state index >= 15 is 0 Å². The Kier molecular flexibility index (Phi) is 4.40. The van der Waals surface area contributed by atoms with Gasteiger partial charge in [-0.1, -0.05) is 19.1 Å². The fourth-order valence-corrected chi connectivity index (χ4v) is 0.335. The molecule has 0 aromatic carbocycles. The Morgan fingerprint density at radius 3 is 2.67 bits per heavy atom. The van der Waals surface area contributed by atoms with Crippen LogP contribution in [0.25, 0.3) is 0 Å². The number of nitrogens with zero attached hydrogens (tertiary/aromatic N) is 1. The molecule has 0 saturated carbocycles. The van der Waals surface area contributed by atoms with Gasteiger partial charge in [-0.05, 0) is 6.42 Å². The summed E-state index contributed by atoms with van der Waals surface area (Å²) in [5, 5.41) is 9.65. The highest BCUT2D eigenvalue weighted by molar-refractivity contribution is 4.98. The molecular formula is C6H9NO2. The van der Waals surface area contributed by atoms with E-state index < -0.39 is 4.92 Å². The monoisotopic (exact) mass is 127 g/mol. The van der Waals surface area contributed by atoms with E-state index in [1.807, 2.05) is 13.0 Å². The van der Waals surface area contributed by atoms with Crippen molar-refractivity contribution in [2.45, 2.75) is 13.3 Å². The third-order valence-electron chi connectivity index (χ3n) is 0.691. The summed E-state index contributed by atoms with van der Waals surface area (Å²) in [7, 11) is 0. The topological polar surface area (TPSA) is 43.1 Å². The summed E-state index contributed by atoms with van der Waals surface area (Å²) in [5.41, 5.74) is 0. The molecule has 0 bridgehead atoms. The van der Waals surface area contributed by atoms with Crippen LogP contribution < -0.4 is 0 Å². The first-order chi connectivity index (χ1) is 4.27. The normalized spacial score (nSPS) is 11.2. The molecule has 0 aliphatic rings. The third-order valence-corrected chi connectivity index (χ3v) is 0.691. The standard InChI is InChI=1S/C6H9NO2/c1-2-3-4-5-6-7(8)9/h3-6H,2H2,1H3/b4-3+,6-5+. The second-order valence-electron chi connectivity index (χ2n) is 1.46. The molecule has 0 unspecified atom stereocenters. The van der Waals surface area contributed by atoms with E-state index in [1.165, 1.54) is 6.08 Å². The fraction of sp³-hybridized carbons (Fsp3) is 0.333. The van der Waals surface area contributed by atoms with E-state index in [9.17, 15) is 10.1 Å². The van der Waals surface area contributed by atoms with Crippen LogP contribution in [0.1, 0.15) is 13.3 Å². The highest BCUT2D eigenvalue weighted by Crippen LogP contribution is 1.81. The molecule has 0 spiro atoms. The first-order valence-corrected chi connectivity index (χ1v) is 2.74. The summed E-state index contributed by atoms with van der Waals surface area (Å²) >= 11 is 0. The van der Waals surface area contributed by atoms with Crippen molar-refractivity contribution in [1.29, 1.82) is 0 Å². The summed E-state index contributed by atoms with van der Waals surface area (Å²) in [6.07, 6.45) is 6.72. The molecule has 0 rings (SSSR count). The van der Waals surface area contributed by atoms with Gasteiger partial charge in [0, 0.05) is 6.08 Å². The number of hydrogen-bond donors (Lipinski definition) is 0. The van der Waals surface area contributed by atoms with Crippen LogP contribution in [0.2, 0.25) is 0 Å². The lowest BCUT2D eigenvalue weighted by atomic mass is 10.4. The molecular weight excluding hydrogens is 118 g/mol. The van der Waals surface area contributed by atoms with Crippen LogP contribution in [-0.4, -0.2) is 4.92 Å². The lowest BCUT2D eigenvalue weighted by Gasteiger charge is -1.73. The van der Waals surface area contributed by atoms with Crippen molar-refractivity contribution in [2.75, 3.05) is 0 Å². The van der Waals surface area contributed by atoms with Crippen molar-refractivity contribution in [1.82, 2.24) is 0 Å². The van der Waals surface area contributed by atoms with Gasteiger partial charge < -0.3 is 0 Å².